The minimum atomic E-state index is -0.502. The first kappa shape index (κ1) is 11.2. The number of halogens is 1. The first-order valence-corrected chi connectivity index (χ1v) is 5.61. The molecule has 0 aliphatic carbocycles. The lowest BCUT2D eigenvalue weighted by Crippen LogP contribution is -2.22. The van der Waals surface area contributed by atoms with Crippen LogP contribution in [0.1, 0.15) is 16.8 Å². The molecule has 4 N–H and O–H groups in total. The van der Waals surface area contributed by atoms with E-state index in [9.17, 15) is 4.79 Å². The average molecular weight is 240 g/mol. The van der Waals surface area contributed by atoms with Crippen LogP contribution in [0.3, 0.4) is 0 Å². The molecule has 5 heteroatoms. The van der Waals surface area contributed by atoms with Crippen LogP contribution in [-0.2, 0) is 0 Å². The minimum absolute atomic E-state index is 0.359. The molecule has 16 heavy (non-hydrogen) atoms. The van der Waals surface area contributed by atoms with Gasteiger partial charge in [0.25, 0.3) is 0 Å². The molecule has 1 fully saturated rings. The molecule has 86 valence electrons. The number of hydrogen-bond donors (Lipinski definition) is 3. The van der Waals surface area contributed by atoms with Gasteiger partial charge in [0.1, 0.15) is 0 Å². The van der Waals surface area contributed by atoms with Gasteiger partial charge in [-0.05, 0) is 31.2 Å². The van der Waals surface area contributed by atoms with E-state index in [0.29, 0.717) is 16.6 Å². The fraction of sp³-hybridized carbons (Fsp3) is 0.364. The summed E-state index contributed by atoms with van der Waals surface area (Å²) in [4.78, 5) is 11.1. The quantitative estimate of drug-likeness (QED) is 0.743. The second-order valence-corrected chi connectivity index (χ2v) is 4.30. The molecule has 1 heterocycles. The van der Waals surface area contributed by atoms with Crippen LogP contribution in [0.4, 0.5) is 5.69 Å². The monoisotopic (exact) mass is 239 g/mol. The van der Waals surface area contributed by atoms with E-state index in [1.165, 1.54) is 0 Å². The number of primary amides is 1. The highest BCUT2D eigenvalue weighted by Gasteiger charge is 2.15. The first-order valence-electron chi connectivity index (χ1n) is 5.23. The molecule has 1 saturated heterocycles. The highest BCUT2D eigenvalue weighted by molar-refractivity contribution is 6.33. The SMILES string of the molecule is NC(=O)c1cc(NC2CCNC2)ccc1Cl. The van der Waals surface area contributed by atoms with E-state index >= 15 is 0 Å². The molecule has 4 nitrogen and oxygen atoms in total. The van der Waals surface area contributed by atoms with Crippen molar-refractivity contribution in [2.45, 2.75) is 12.5 Å². The number of rotatable bonds is 3. The summed E-state index contributed by atoms with van der Waals surface area (Å²) >= 11 is 5.87. The van der Waals surface area contributed by atoms with Gasteiger partial charge in [0.15, 0.2) is 0 Å². The van der Waals surface area contributed by atoms with Gasteiger partial charge in [-0.15, -0.1) is 0 Å². The van der Waals surface area contributed by atoms with Gasteiger partial charge >= 0.3 is 0 Å². The summed E-state index contributed by atoms with van der Waals surface area (Å²) in [7, 11) is 0. The van der Waals surface area contributed by atoms with Crippen molar-refractivity contribution in [1.29, 1.82) is 0 Å². The molecular formula is C11H14ClN3O. The Hall–Kier alpha value is -1.26. The highest BCUT2D eigenvalue weighted by atomic mass is 35.5. The maximum absolute atomic E-state index is 11.1. The van der Waals surface area contributed by atoms with Crippen LogP contribution in [0.5, 0.6) is 0 Å². The Morgan fingerprint density at radius 2 is 2.38 bits per heavy atom. The first-order chi connectivity index (χ1) is 7.66. The van der Waals surface area contributed by atoms with E-state index in [1.54, 1.807) is 12.1 Å². The van der Waals surface area contributed by atoms with Crippen LogP contribution in [0.2, 0.25) is 5.02 Å². The summed E-state index contributed by atoms with van der Waals surface area (Å²) in [6, 6.07) is 5.64. The van der Waals surface area contributed by atoms with E-state index in [2.05, 4.69) is 10.6 Å². The predicted molar refractivity (Wildman–Crippen MR) is 64.9 cm³/mol. The van der Waals surface area contributed by atoms with Crippen molar-refractivity contribution in [3.63, 3.8) is 0 Å². The number of carbonyl (C=O) groups is 1. The third-order valence-corrected chi connectivity index (χ3v) is 2.99. The smallest absolute Gasteiger partial charge is 0.250 e. The highest BCUT2D eigenvalue weighted by Crippen LogP contribution is 2.21. The van der Waals surface area contributed by atoms with Gasteiger partial charge in [0.2, 0.25) is 5.91 Å². The zero-order valence-corrected chi connectivity index (χ0v) is 9.55. The van der Waals surface area contributed by atoms with Gasteiger partial charge in [0, 0.05) is 18.3 Å². The summed E-state index contributed by atoms with van der Waals surface area (Å²) in [5.41, 5.74) is 6.47. The molecule has 1 atom stereocenters. The van der Waals surface area contributed by atoms with E-state index in [1.807, 2.05) is 6.07 Å². The lowest BCUT2D eigenvalue weighted by atomic mass is 10.1. The van der Waals surface area contributed by atoms with Gasteiger partial charge in [0.05, 0.1) is 10.6 Å². The van der Waals surface area contributed by atoms with E-state index in [-0.39, 0.29) is 0 Å². The molecule has 0 spiro atoms. The number of carbonyl (C=O) groups excluding carboxylic acids is 1. The Labute approximate surface area is 99.2 Å². The second kappa shape index (κ2) is 4.72. The molecule has 1 aliphatic rings. The molecule has 0 radical (unpaired) electrons. The van der Waals surface area contributed by atoms with Crippen molar-refractivity contribution in [3.05, 3.63) is 28.8 Å². The Kier molecular flexibility index (Phi) is 3.31. The maximum Gasteiger partial charge on any atom is 0.250 e. The van der Waals surface area contributed by atoms with Crippen molar-refractivity contribution in [1.82, 2.24) is 5.32 Å². The molecule has 0 bridgehead atoms. The molecule has 2 rings (SSSR count). The number of nitrogens with one attached hydrogen (secondary N) is 2. The maximum atomic E-state index is 11.1. The van der Waals surface area contributed by atoms with Crippen molar-refractivity contribution in [2.75, 3.05) is 18.4 Å². The fourth-order valence-electron chi connectivity index (χ4n) is 1.82. The molecule has 0 saturated carbocycles. The standard InChI is InChI=1S/C11H14ClN3O/c12-10-2-1-7(5-9(10)11(13)16)15-8-3-4-14-6-8/h1-2,5,8,14-15H,3-4,6H2,(H2,13,16). The zero-order chi connectivity index (χ0) is 11.5. The second-order valence-electron chi connectivity index (χ2n) is 3.89. The van der Waals surface area contributed by atoms with Crippen LogP contribution in [0.15, 0.2) is 18.2 Å². The van der Waals surface area contributed by atoms with E-state index in [0.717, 1.165) is 25.2 Å². The average Bonchev–Trinajstić information content (AvgIpc) is 2.73. The fourth-order valence-corrected chi connectivity index (χ4v) is 2.03. The van der Waals surface area contributed by atoms with Crippen LogP contribution in [-0.4, -0.2) is 25.0 Å². The van der Waals surface area contributed by atoms with Crippen molar-refractivity contribution >= 4 is 23.2 Å². The molecule has 1 unspecified atom stereocenters. The van der Waals surface area contributed by atoms with Crippen LogP contribution < -0.4 is 16.4 Å². The molecule has 1 aromatic rings. The number of nitrogens with two attached hydrogens (primary N) is 1. The Balaban J connectivity index is 2.15. The van der Waals surface area contributed by atoms with E-state index < -0.39 is 5.91 Å². The van der Waals surface area contributed by atoms with Gasteiger partial charge in [-0.25, -0.2) is 0 Å². The summed E-state index contributed by atoms with van der Waals surface area (Å²) < 4.78 is 0. The molecular weight excluding hydrogens is 226 g/mol. The van der Waals surface area contributed by atoms with Crippen LogP contribution >= 0.6 is 11.6 Å². The van der Waals surface area contributed by atoms with Crippen molar-refractivity contribution in [2.24, 2.45) is 5.73 Å². The van der Waals surface area contributed by atoms with Crippen molar-refractivity contribution < 1.29 is 4.79 Å². The molecule has 1 aromatic carbocycles. The summed E-state index contributed by atoms with van der Waals surface area (Å²) in [5.74, 6) is -0.502. The van der Waals surface area contributed by atoms with Crippen LogP contribution in [0.25, 0.3) is 0 Å². The topological polar surface area (TPSA) is 67.2 Å². The number of benzene rings is 1. The normalized spacial score (nSPS) is 19.7. The number of amides is 1. The number of hydrogen-bond acceptors (Lipinski definition) is 3. The third-order valence-electron chi connectivity index (χ3n) is 2.66. The lowest BCUT2D eigenvalue weighted by Gasteiger charge is -2.13. The van der Waals surface area contributed by atoms with E-state index in [4.69, 9.17) is 17.3 Å². The predicted octanol–water partition coefficient (Wildman–Crippen LogP) is 1.21. The van der Waals surface area contributed by atoms with Gasteiger partial charge in [-0.2, -0.15) is 0 Å². The van der Waals surface area contributed by atoms with Crippen molar-refractivity contribution in [3.8, 4) is 0 Å². The molecule has 1 aliphatic heterocycles. The molecule has 1 amide bonds. The Bertz CT molecular complexity index is 402. The Morgan fingerprint density at radius 3 is 3.00 bits per heavy atom. The zero-order valence-electron chi connectivity index (χ0n) is 8.79. The van der Waals surface area contributed by atoms with Crippen LogP contribution in [0, 0.1) is 0 Å². The minimum Gasteiger partial charge on any atom is -0.381 e. The largest absolute Gasteiger partial charge is 0.381 e. The van der Waals surface area contributed by atoms with Gasteiger partial charge in [-0.3, -0.25) is 4.79 Å². The Morgan fingerprint density at radius 1 is 1.56 bits per heavy atom. The summed E-state index contributed by atoms with van der Waals surface area (Å²) in [5, 5.41) is 6.99. The summed E-state index contributed by atoms with van der Waals surface area (Å²) in [6.07, 6.45) is 1.08. The van der Waals surface area contributed by atoms with Gasteiger partial charge < -0.3 is 16.4 Å². The third kappa shape index (κ3) is 2.46. The summed E-state index contributed by atoms with van der Waals surface area (Å²) in [6.45, 7) is 1.96. The molecule has 0 aromatic heterocycles. The van der Waals surface area contributed by atoms with Gasteiger partial charge in [-0.1, -0.05) is 11.6 Å². The number of anilines is 1. The lowest BCUT2D eigenvalue weighted by molar-refractivity contribution is 0.100.